The number of benzene rings is 1. The van der Waals surface area contributed by atoms with Gasteiger partial charge < -0.3 is 14.8 Å². The number of carbonyl (C=O) groups is 1. The van der Waals surface area contributed by atoms with Crippen molar-refractivity contribution in [3.63, 3.8) is 0 Å². The van der Waals surface area contributed by atoms with Gasteiger partial charge in [0.15, 0.2) is 0 Å². The summed E-state index contributed by atoms with van der Waals surface area (Å²) in [4.78, 5) is 16.1. The van der Waals surface area contributed by atoms with Crippen LogP contribution in [0.4, 0.5) is 0 Å². The maximum absolute atomic E-state index is 12.1. The summed E-state index contributed by atoms with van der Waals surface area (Å²) in [5.41, 5.74) is 1.42. The van der Waals surface area contributed by atoms with Gasteiger partial charge in [-0.15, -0.1) is 0 Å². The molecule has 0 aliphatic carbocycles. The summed E-state index contributed by atoms with van der Waals surface area (Å²) in [5, 5.41) is 2.85. The van der Waals surface area contributed by atoms with Crippen LogP contribution in [0.2, 0.25) is 0 Å². The van der Waals surface area contributed by atoms with E-state index in [9.17, 15) is 4.79 Å². The van der Waals surface area contributed by atoms with E-state index < -0.39 is 0 Å². The summed E-state index contributed by atoms with van der Waals surface area (Å²) >= 11 is 3.24. The highest BCUT2D eigenvalue weighted by Crippen LogP contribution is 2.24. The standard InChI is InChI=1S/C15H15BrN2O3/c1-20-12-4-3-11(13(8-12)21-2)9-18-15(19)10-5-6-17-14(16)7-10/h3-8H,9H2,1-2H3,(H,18,19). The van der Waals surface area contributed by atoms with Gasteiger partial charge in [0, 0.05) is 29.9 Å². The number of ether oxygens (including phenoxy) is 2. The van der Waals surface area contributed by atoms with Crippen molar-refractivity contribution in [1.82, 2.24) is 10.3 Å². The van der Waals surface area contributed by atoms with Crippen LogP contribution in [-0.2, 0) is 6.54 Å². The van der Waals surface area contributed by atoms with Gasteiger partial charge in [-0.2, -0.15) is 0 Å². The molecule has 0 fully saturated rings. The predicted octanol–water partition coefficient (Wildman–Crippen LogP) is 2.79. The number of hydrogen-bond acceptors (Lipinski definition) is 4. The Morgan fingerprint density at radius 2 is 2.05 bits per heavy atom. The molecule has 5 nitrogen and oxygen atoms in total. The van der Waals surface area contributed by atoms with Crippen LogP contribution < -0.4 is 14.8 Å². The average molecular weight is 351 g/mol. The third-order valence-corrected chi connectivity index (χ3v) is 3.36. The van der Waals surface area contributed by atoms with Crippen molar-refractivity contribution in [3.8, 4) is 11.5 Å². The lowest BCUT2D eigenvalue weighted by atomic mass is 10.1. The van der Waals surface area contributed by atoms with E-state index in [1.54, 1.807) is 38.6 Å². The molecule has 1 amide bonds. The SMILES string of the molecule is COc1ccc(CNC(=O)c2ccnc(Br)c2)c(OC)c1. The smallest absolute Gasteiger partial charge is 0.251 e. The second kappa shape index (κ2) is 7.08. The zero-order valence-electron chi connectivity index (χ0n) is 11.7. The molecule has 2 rings (SSSR count). The largest absolute Gasteiger partial charge is 0.497 e. The van der Waals surface area contributed by atoms with Crippen molar-refractivity contribution in [2.24, 2.45) is 0 Å². The van der Waals surface area contributed by atoms with Gasteiger partial charge >= 0.3 is 0 Å². The van der Waals surface area contributed by atoms with Crippen LogP contribution in [0, 0.1) is 0 Å². The predicted molar refractivity (Wildman–Crippen MR) is 82.7 cm³/mol. The van der Waals surface area contributed by atoms with Crippen LogP contribution in [0.1, 0.15) is 15.9 Å². The molecular weight excluding hydrogens is 336 g/mol. The highest BCUT2D eigenvalue weighted by atomic mass is 79.9. The lowest BCUT2D eigenvalue weighted by molar-refractivity contribution is 0.0950. The van der Waals surface area contributed by atoms with E-state index in [4.69, 9.17) is 9.47 Å². The second-order valence-corrected chi connectivity index (χ2v) is 5.04. The van der Waals surface area contributed by atoms with Gasteiger partial charge in [0.1, 0.15) is 16.1 Å². The Bertz CT molecular complexity index is 647. The first-order chi connectivity index (χ1) is 10.1. The molecule has 0 saturated heterocycles. The molecule has 0 radical (unpaired) electrons. The van der Waals surface area contributed by atoms with Crippen LogP contribution in [0.5, 0.6) is 11.5 Å². The number of hydrogen-bond donors (Lipinski definition) is 1. The Hall–Kier alpha value is -2.08. The van der Waals surface area contributed by atoms with E-state index in [0.717, 1.165) is 5.56 Å². The lowest BCUT2D eigenvalue weighted by Gasteiger charge is -2.11. The highest BCUT2D eigenvalue weighted by Gasteiger charge is 2.09. The molecule has 6 heteroatoms. The van der Waals surface area contributed by atoms with E-state index in [-0.39, 0.29) is 5.91 Å². The molecule has 2 aromatic rings. The third kappa shape index (κ3) is 3.95. The van der Waals surface area contributed by atoms with Gasteiger partial charge in [-0.3, -0.25) is 4.79 Å². The lowest BCUT2D eigenvalue weighted by Crippen LogP contribution is -2.23. The van der Waals surface area contributed by atoms with E-state index in [0.29, 0.717) is 28.2 Å². The Morgan fingerprint density at radius 1 is 1.24 bits per heavy atom. The molecule has 0 spiro atoms. The molecule has 0 atom stereocenters. The summed E-state index contributed by atoms with van der Waals surface area (Å²) in [7, 11) is 3.18. The van der Waals surface area contributed by atoms with Crippen molar-refractivity contribution in [3.05, 3.63) is 52.3 Å². The number of carbonyl (C=O) groups excluding carboxylic acids is 1. The summed E-state index contributed by atoms with van der Waals surface area (Å²) in [6.45, 7) is 0.367. The Kier molecular flexibility index (Phi) is 5.16. The third-order valence-electron chi connectivity index (χ3n) is 2.92. The topological polar surface area (TPSA) is 60.5 Å². The first-order valence-corrected chi connectivity index (χ1v) is 7.04. The van der Waals surface area contributed by atoms with Gasteiger partial charge in [-0.1, -0.05) is 0 Å². The number of rotatable bonds is 5. The molecule has 0 aliphatic heterocycles. The number of pyridine rings is 1. The highest BCUT2D eigenvalue weighted by molar-refractivity contribution is 9.10. The minimum atomic E-state index is -0.170. The Labute approximate surface area is 131 Å². The fourth-order valence-corrected chi connectivity index (χ4v) is 2.18. The summed E-state index contributed by atoms with van der Waals surface area (Å²) in [5.74, 6) is 1.21. The van der Waals surface area contributed by atoms with Crippen molar-refractivity contribution >= 4 is 21.8 Å². The fraction of sp³-hybridized carbons (Fsp3) is 0.200. The first kappa shape index (κ1) is 15.3. The van der Waals surface area contributed by atoms with Crippen LogP contribution >= 0.6 is 15.9 Å². The summed E-state index contributed by atoms with van der Waals surface area (Å²) < 4.78 is 11.1. The minimum absolute atomic E-state index is 0.170. The number of halogens is 1. The quantitative estimate of drug-likeness (QED) is 0.842. The van der Waals surface area contributed by atoms with E-state index >= 15 is 0 Å². The number of nitrogens with one attached hydrogen (secondary N) is 1. The maximum atomic E-state index is 12.1. The molecule has 0 unspecified atom stereocenters. The summed E-state index contributed by atoms with van der Waals surface area (Å²) in [6.07, 6.45) is 1.58. The molecule has 1 N–H and O–H groups in total. The van der Waals surface area contributed by atoms with Gasteiger partial charge in [-0.25, -0.2) is 4.98 Å². The molecule has 0 bridgehead atoms. The minimum Gasteiger partial charge on any atom is -0.497 e. The van der Waals surface area contributed by atoms with Crippen molar-refractivity contribution < 1.29 is 14.3 Å². The normalized spacial score (nSPS) is 10.0. The Balaban J connectivity index is 2.07. The Morgan fingerprint density at radius 3 is 2.71 bits per heavy atom. The molecule has 1 heterocycles. The van der Waals surface area contributed by atoms with Crippen LogP contribution in [0.25, 0.3) is 0 Å². The summed E-state index contributed by atoms with van der Waals surface area (Å²) in [6, 6.07) is 8.80. The van der Waals surface area contributed by atoms with E-state index in [2.05, 4.69) is 26.2 Å². The number of aromatic nitrogens is 1. The second-order valence-electron chi connectivity index (χ2n) is 4.23. The molecule has 1 aromatic heterocycles. The van der Waals surface area contributed by atoms with E-state index in [1.807, 2.05) is 12.1 Å². The van der Waals surface area contributed by atoms with Gasteiger partial charge in [0.05, 0.1) is 14.2 Å². The van der Waals surface area contributed by atoms with Crippen LogP contribution in [0.15, 0.2) is 41.1 Å². The number of amides is 1. The first-order valence-electron chi connectivity index (χ1n) is 6.24. The van der Waals surface area contributed by atoms with Crippen LogP contribution in [-0.4, -0.2) is 25.1 Å². The van der Waals surface area contributed by atoms with Crippen molar-refractivity contribution in [2.75, 3.05) is 14.2 Å². The molecule has 0 aliphatic rings. The average Bonchev–Trinajstić information content (AvgIpc) is 2.52. The zero-order valence-corrected chi connectivity index (χ0v) is 13.3. The monoisotopic (exact) mass is 350 g/mol. The molecule has 1 aromatic carbocycles. The van der Waals surface area contributed by atoms with Gasteiger partial charge in [-0.05, 0) is 40.2 Å². The van der Waals surface area contributed by atoms with E-state index in [1.165, 1.54) is 0 Å². The van der Waals surface area contributed by atoms with Crippen molar-refractivity contribution in [2.45, 2.75) is 6.54 Å². The van der Waals surface area contributed by atoms with Gasteiger partial charge in [0.25, 0.3) is 5.91 Å². The number of nitrogens with zero attached hydrogens (tertiary/aromatic N) is 1. The number of methoxy groups -OCH3 is 2. The van der Waals surface area contributed by atoms with Crippen LogP contribution in [0.3, 0.4) is 0 Å². The fourth-order valence-electron chi connectivity index (χ4n) is 1.82. The molecule has 0 saturated carbocycles. The van der Waals surface area contributed by atoms with Crippen molar-refractivity contribution in [1.29, 1.82) is 0 Å². The maximum Gasteiger partial charge on any atom is 0.251 e. The van der Waals surface area contributed by atoms with Gasteiger partial charge in [0.2, 0.25) is 0 Å². The molecule has 21 heavy (non-hydrogen) atoms. The molecule has 110 valence electrons. The zero-order chi connectivity index (χ0) is 15.2. The molecular formula is C15H15BrN2O3.